The van der Waals surface area contributed by atoms with Gasteiger partial charge in [0.05, 0.1) is 16.6 Å². The molecule has 126 valence electrons. The lowest BCUT2D eigenvalue weighted by atomic mass is 10.2. The van der Waals surface area contributed by atoms with Gasteiger partial charge in [0.1, 0.15) is 16.6 Å². The van der Waals surface area contributed by atoms with Crippen LogP contribution in [0, 0.1) is 0 Å². The van der Waals surface area contributed by atoms with E-state index in [0.717, 1.165) is 22.0 Å². The molecule has 3 aromatic heterocycles. The third-order valence-corrected chi connectivity index (χ3v) is 5.17. The molecule has 0 aromatic carbocycles. The maximum absolute atomic E-state index is 11.4. The second-order valence-electron chi connectivity index (χ2n) is 5.61. The van der Waals surface area contributed by atoms with Crippen molar-refractivity contribution in [3.8, 4) is 10.6 Å². The van der Waals surface area contributed by atoms with Gasteiger partial charge < -0.3 is 10.6 Å². The molecule has 0 saturated carbocycles. The first-order valence-corrected chi connectivity index (χ1v) is 8.98. The van der Waals surface area contributed by atoms with Crippen molar-refractivity contribution >= 4 is 40.5 Å². The Morgan fingerprint density at radius 3 is 2.96 bits per heavy atom. The Morgan fingerprint density at radius 1 is 1.24 bits per heavy atom. The van der Waals surface area contributed by atoms with Crippen molar-refractivity contribution in [2.24, 2.45) is 0 Å². The third-order valence-electron chi connectivity index (χ3n) is 3.80. The van der Waals surface area contributed by atoms with Crippen molar-refractivity contribution in [1.29, 1.82) is 0 Å². The molecule has 6 nitrogen and oxygen atoms in total. The van der Waals surface area contributed by atoms with E-state index < -0.39 is 0 Å². The highest BCUT2D eigenvalue weighted by atomic mass is 35.5. The first-order valence-electron chi connectivity index (χ1n) is 7.78. The Hall–Kier alpha value is -2.51. The second kappa shape index (κ2) is 6.78. The quantitative estimate of drug-likeness (QED) is 0.725. The van der Waals surface area contributed by atoms with Crippen LogP contribution in [0.1, 0.15) is 23.9 Å². The number of carbonyl (C=O) groups is 1. The normalized spacial score (nSPS) is 16.7. The van der Waals surface area contributed by atoms with E-state index in [2.05, 4.69) is 25.6 Å². The zero-order valence-electron chi connectivity index (χ0n) is 13.1. The van der Waals surface area contributed by atoms with Crippen molar-refractivity contribution in [3.63, 3.8) is 0 Å². The lowest BCUT2D eigenvalue weighted by molar-refractivity contribution is -0.119. The van der Waals surface area contributed by atoms with Crippen LogP contribution in [0.25, 0.3) is 10.6 Å². The number of thiazole rings is 1. The first kappa shape index (κ1) is 16.0. The molecule has 1 fully saturated rings. The maximum atomic E-state index is 11.4. The van der Waals surface area contributed by atoms with Gasteiger partial charge in [-0.3, -0.25) is 4.79 Å². The SMILES string of the molecule is O=C1CCC(c2ncc(-c3cccc(Nc4cc(Cl)ccn4)n3)s2)N1. The van der Waals surface area contributed by atoms with Gasteiger partial charge in [-0.05, 0) is 30.7 Å². The van der Waals surface area contributed by atoms with Crippen LogP contribution in [-0.2, 0) is 4.79 Å². The van der Waals surface area contributed by atoms with E-state index >= 15 is 0 Å². The molecule has 0 radical (unpaired) electrons. The Labute approximate surface area is 153 Å². The number of hydrogen-bond donors (Lipinski definition) is 2. The lowest BCUT2D eigenvalue weighted by Gasteiger charge is -2.06. The van der Waals surface area contributed by atoms with E-state index in [0.29, 0.717) is 23.1 Å². The number of aromatic nitrogens is 3. The number of nitrogens with zero attached hydrogens (tertiary/aromatic N) is 3. The van der Waals surface area contributed by atoms with Gasteiger partial charge in [0, 0.05) is 23.8 Å². The molecule has 25 heavy (non-hydrogen) atoms. The lowest BCUT2D eigenvalue weighted by Crippen LogP contribution is -2.17. The number of rotatable bonds is 4. The number of nitrogens with one attached hydrogen (secondary N) is 2. The Kier molecular flexibility index (Phi) is 4.33. The van der Waals surface area contributed by atoms with Crippen molar-refractivity contribution < 1.29 is 4.79 Å². The van der Waals surface area contributed by atoms with Gasteiger partial charge in [-0.1, -0.05) is 17.7 Å². The van der Waals surface area contributed by atoms with Crippen LogP contribution in [0.15, 0.2) is 42.7 Å². The van der Waals surface area contributed by atoms with E-state index in [1.165, 1.54) is 0 Å². The number of amides is 1. The van der Waals surface area contributed by atoms with Gasteiger partial charge in [-0.25, -0.2) is 15.0 Å². The third kappa shape index (κ3) is 3.62. The molecule has 0 spiro atoms. The summed E-state index contributed by atoms with van der Waals surface area (Å²) in [6, 6.07) is 9.20. The number of anilines is 2. The zero-order valence-corrected chi connectivity index (χ0v) is 14.6. The average molecular weight is 372 g/mol. The standard InChI is InChI=1S/C17H14ClN5OS/c18-10-6-7-19-15(8-10)23-14-3-1-2-11(21-14)13-9-20-17(25-13)12-4-5-16(24)22-12/h1-3,6-9,12H,4-5H2,(H,22,24)(H,19,21,23). The summed E-state index contributed by atoms with van der Waals surface area (Å²) in [5.74, 6) is 1.40. The van der Waals surface area contributed by atoms with E-state index in [4.69, 9.17) is 11.6 Å². The van der Waals surface area contributed by atoms with Gasteiger partial charge in [0.25, 0.3) is 0 Å². The largest absolute Gasteiger partial charge is 0.347 e. The number of halogens is 1. The summed E-state index contributed by atoms with van der Waals surface area (Å²) in [5.41, 5.74) is 0.820. The van der Waals surface area contributed by atoms with Crippen molar-refractivity contribution in [2.45, 2.75) is 18.9 Å². The fourth-order valence-corrected chi connectivity index (χ4v) is 3.75. The second-order valence-corrected chi connectivity index (χ2v) is 7.11. The van der Waals surface area contributed by atoms with Crippen LogP contribution in [0.5, 0.6) is 0 Å². The monoisotopic (exact) mass is 371 g/mol. The molecule has 1 aliphatic heterocycles. The predicted octanol–water partition coefficient (Wildman–Crippen LogP) is 3.95. The summed E-state index contributed by atoms with van der Waals surface area (Å²) < 4.78 is 0. The fourth-order valence-electron chi connectivity index (χ4n) is 2.61. The summed E-state index contributed by atoms with van der Waals surface area (Å²) in [6.07, 6.45) is 4.79. The summed E-state index contributed by atoms with van der Waals surface area (Å²) in [6.45, 7) is 0. The smallest absolute Gasteiger partial charge is 0.220 e. The molecule has 4 rings (SSSR count). The molecular weight excluding hydrogens is 358 g/mol. The van der Waals surface area contributed by atoms with Crippen molar-refractivity contribution in [3.05, 3.63) is 52.8 Å². The number of hydrogen-bond acceptors (Lipinski definition) is 6. The molecule has 1 amide bonds. The fraction of sp³-hybridized carbons (Fsp3) is 0.176. The molecule has 2 N–H and O–H groups in total. The molecule has 1 saturated heterocycles. The minimum absolute atomic E-state index is 0.0169. The van der Waals surface area contributed by atoms with Gasteiger partial charge in [0.15, 0.2) is 0 Å². The molecule has 4 heterocycles. The highest BCUT2D eigenvalue weighted by Gasteiger charge is 2.25. The first-order chi connectivity index (χ1) is 12.2. The van der Waals surface area contributed by atoms with Crippen LogP contribution in [0.4, 0.5) is 11.6 Å². The van der Waals surface area contributed by atoms with Gasteiger partial charge in [0.2, 0.25) is 5.91 Å². The minimum Gasteiger partial charge on any atom is -0.347 e. The molecule has 3 aromatic rings. The van der Waals surface area contributed by atoms with Crippen LogP contribution >= 0.6 is 22.9 Å². The van der Waals surface area contributed by atoms with Crippen LogP contribution in [-0.4, -0.2) is 20.9 Å². The summed E-state index contributed by atoms with van der Waals surface area (Å²) >= 11 is 7.53. The molecule has 0 aliphatic carbocycles. The topological polar surface area (TPSA) is 79.8 Å². The summed E-state index contributed by atoms with van der Waals surface area (Å²) in [5, 5.41) is 7.61. The maximum Gasteiger partial charge on any atom is 0.220 e. The highest BCUT2D eigenvalue weighted by Crippen LogP contribution is 2.32. The minimum atomic E-state index is 0.0169. The molecule has 1 aliphatic rings. The predicted molar refractivity (Wildman–Crippen MR) is 98.0 cm³/mol. The average Bonchev–Trinajstić information content (AvgIpc) is 3.24. The van der Waals surface area contributed by atoms with Crippen molar-refractivity contribution in [1.82, 2.24) is 20.3 Å². The highest BCUT2D eigenvalue weighted by molar-refractivity contribution is 7.15. The summed E-state index contributed by atoms with van der Waals surface area (Å²) in [7, 11) is 0. The Balaban J connectivity index is 1.55. The molecule has 1 atom stereocenters. The van der Waals surface area contributed by atoms with Gasteiger partial charge in [-0.2, -0.15) is 0 Å². The van der Waals surface area contributed by atoms with Gasteiger partial charge in [-0.15, -0.1) is 11.3 Å². The Bertz CT molecular complexity index is 929. The molecule has 1 unspecified atom stereocenters. The van der Waals surface area contributed by atoms with E-state index in [1.54, 1.807) is 35.9 Å². The summed E-state index contributed by atoms with van der Waals surface area (Å²) in [4.78, 5) is 25.6. The molecule has 0 bridgehead atoms. The Morgan fingerprint density at radius 2 is 2.16 bits per heavy atom. The van der Waals surface area contributed by atoms with Crippen LogP contribution < -0.4 is 10.6 Å². The van der Waals surface area contributed by atoms with E-state index in [1.807, 2.05) is 18.2 Å². The van der Waals surface area contributed by atoms with Crippen LogP contribution in [0.3, 0.4) is 0 Å². The molecular formula is C17H14ClN5OS. The van der Waals surface area contributed by atoms with Gasteiger partial charge >= 0.3 is 0 Å². The zero-order chi connectivity index (χ0) is 17.2. The van der Waals surface area contributed by atoms with E-state index in [9.17, 15) is 4.79 Å². The van der Waals surface area contributed by atoms with E-state index in [-0.39, 0.29) is 11.9 Å². The molecule has 8 heteroatoms. The van der Waals surface area contributed by atoms with Crippen molar-refractivity contribution in [2.75, 3.05) is 5.32 Å². The number of pyridine rings is 2. The number of carbonyl (C=O) groups excluding carboxylic acids is 1. The van der Waals surface area contributed by atoms with Crippen LogP contribution in [0.2, 0.25) is 5.02 Å².